The molecule has 0 aliphatic rings. The average Bonchev–Trinajstić information content (AvgIpc) is 2.76. The number of rotatable bonds is 2. The smallest absolute Gasteiger partial charge is 0.308 e. The summed E-state index contributed by atoms with van der Waals surface area (Å²) < 4.78 is 7.35. The van der Waals surface area contributed by atoms with Crippen molar-refractivity contribution in [1.29, 1.82) is 0 Å². The number of fused-ring (bicyclic) bond motifs is 1. The maximum absolute atomic E-state index is 11.2. The van der Waals surface area contributed by atoms with Crippen molar-refractivity contribution in [3.8, 4) is 17.0 Å². The van der Waals surface area contributed by atoms with Crippen LogP contribution in [-0.4, -0.2) is 10.4 Å². The number of hydrogen-bond donors (Lipinski definition) is 0. The van der Waals surface area contributed by atoms with Gasteiger partial charge in [-0.2, -0.15) is 0 Å². The highest BCUT2D eigenvalue weighted by Gasteiger charge is 2.14. The van der Waals surface area contributed by atoms with Gasteiger partial charge in [0, 0.05) is 30.3 Å². The van der Waals surface area contributed by atoms with Gasteiger partial charge in [0.1, 0.15) is 0 Å². The number of carbonyl (C=O) groups is 1. The molecule has 2 heterocycles. The number of benzene rings is 1. The maximum atomic E-state index is 11.2. The molecular weight excluding hydrogens is 238 g/mol. The van der Waals surface area contributed by atoms with Crippen molar-refractivity contribution >= 4 is 11.5 Å². The van der Waals surface area contributed by atoms with Gasteiger partial charge < -0.3 is 9.14 Å². The standard InChI is InChI=1S/C16H13NO2/c1-12(18)19-15-11-14-9-5-6-10-17(14)16(15)13-7-3-2-4-8-13/h2-11H,1H3. The first-order valence-electron chi connectivity index (χ1n) is 6.09. The molecule has 3 heteroatoms. The minimum absolute atomic E-state index is 0.312. The van der Waals surface area contributed by atoms with E-state index in [1.54, 1.807) is 0 Å². The molecule has 19 heavy (non-hydrogen) atoms. The van der Waals surface area contributed by atoms with Crippen molar-refractivity contribution in [2.24, 2.45) is 0 Å². The Morgan fingerprint density at radius 2 is 1.79 bits per heavy atom. The molecule has 94 valence electrons. The fourth-order valence-corrected chi connectivity index (χ4v) is 2.21. The molecule has 0 radical (unpaired) electrons. The molecule has 3 rings (SSSR count). The molecule has 0 aliphatic heterocycles. The van der Waals surface area contributed by atoms with Gasteiger partial charge in [-0.05, 0) is 12.1 Å². The van der Waals surface area contributed by atoms with Crippen molar-refractivity contribution < 1.29 is 9.53 Å². The van der Waals surface area contributed by atoms with Crippen LogP contribution in [0.3, 0.4) is 0 Å². The Balaban J connectivity index is 2.27. The number of pyridine rings is 1. The average molecular weight is 251 g/mol. The van der Waals surface area contributed by atoms with Gasteiger partial charge in [-0.15, -0.1) is 0 Å². The fraction of sp³-hybridized carbons (Fsp3) is 0.0625. The van der Waals surface area contributed by atoms with E-state index in [-0.39, 0.29) is 5.97 Å². The van der Waals surface area contributed by atoms with E-state index in [4.69, 9.17) is 4.74 Å². The zero-order chi connectivity index (χ0) is 13.2. The van der Waals surface area contributed by atoms with E-state index in [1.165, 1.54) is 6.92 Å². The van der Waals surface area contributed by atoms with Crippen molar-refractivity contribution in [3.05, 3.63) is 60.8 Å². The summed E-state index contributed by atoms with van der Waals surface area (Å²) in [5.74, 6) is 0.276. The Bertz CT molecular complexity index is 729. The molecule has 0 atom stereocenters. The molecule has 0 fully saturated rings. The first-order valence-corrected chi connectivity index (χ1v) is 6.09. The molecule has 0 bridgehead atoms. The quantitative estimate of drug-likeness (QED) is 0.652. The van der Waals surface area contributed by atoms with E-state index in [1.807, 2.05) is 65.2 Å². The Hall–Kier alpha value is -2.55. The lowest BCUT2D eigenvalue weighted by atomic mass is 10.1. The normalized spacial score (nSPS) is 10.6. The number of aromatic nitrogens is 1. The van der Waals surface area contributed by atoms with Crippen LogP contribution in [0.2, 0.25) is 0 Å². The summed E-state index contributed by atoms with van der Waals surface area (Å²) in [4.78, 5) is 11.2. The molecular formula is C16H13NO2. The lowest BCUT2D eigenvalue weighted by Gasteiger charge is -2.06. The number of esters is 1. The zero-order valence-electron chi connectivity index (χ0n) is 10.5. The highest BCUT2D eigenvalue weighted by atomic mass is 16.5. The Morgan fingerprint density at radius 3 is 2.53 bits per heavy atom. The van der Waals surface area contributed by atoms with Crippen LogP contribution in [-0.2, 0) is 4.79 Å². The molecule has 1 aromatic carbocycles. The van der Waals surface area contributed by atoms with Gasteiger partial charge in [-0.25, -0.2) is 0 Å². The van der Waals surface area contributed by atoms with Crippen molar-refractivity contribution in [2.75, 3.05) is 0 Å². The second-order valence-corrected chi connectivity index (χ2v) is 4.31. The van der Waals surface area contributed by atoms with Gasteiger partial charge in [0.05, 0.1) is 5.69 Å². The summed E-state index contributed by atoms with van der Waals surface area (Å²) in [6.07, 6.45) is 1.96. The summed E-state index contributed by atoms with van der Waals surface area (Å²) in [6, 6.07) is 17.7. The SMILES string of the molecule is CC(=O)Oc1cc2ccccn2c1-c1ccccc1. The summed E-state index contributed by atoms with van der Waals surface area (Å²) in [6.45, 7) is 1.41. The summed E-state index contributed by atoms with van der Waals surface area (Å²) in [5.41, 5.74) is 2.91. The molecule has 3 aromatic rings. The Kier molecular flexibility index (Phi) is 2.80. The molecule has 0 N–H and O–H groups in total. The second-order valence-electron chi connectivity index (χ2n) is 4.31. The van der Waals surface area contributed by atoms with Gasteiger partial charge in [0.25, 0.3) is 0 Å². The van der Waals surface area contributed by atoms with Crippen molar-refractivity contribution in [3.63, 3.8) is 0 Å². The molecule has 2 aromatic heterocycles. The number of hydrogen-bond acceptors (Lipinski definition) is 2. The van der Waals surface area contributed by atoms with Gasteiger partial charge in [0.15, 0.2) is 5.75 Å². The number of carbonyl (C=O) groups excluding carboxylic acids is 1. The second kappa shape index (κ2) is 4.61. The number of nitrogens with zero attached hydrogens (tertiary/aromatic N) is 1. The summed E-state index contributed by atoms with van der Waals surface area (Å²) in [5, 5.41) is 0. The lowest BCUT2D eigenvalue weighted by Crippen LogP contribution is -2.02. The highest BCUT2D eigenvalue weighted by molar-refractivity contribution is 5.79. The van der Waals surface area contributed by atoms with Crippen LogP contribution in [0.4, 0.5) is 0 Å². The van der Waals surface area contributed by atoms with Crippen LogP contribution in [0.25, 0.3) is 16.8 Å². The van der Waals surface area contributed by atoms with Crippen LogP contribution in [0.1, 0.15) is 6.92 Å². The van der Waals surface area contributed by atoms with Gasteiger partial charge in [-0.3, -0.25) is 4.79 Å². The molecule has 0 aliphatic carbocycles. The number of ether oxygens (including phenoxy) is 1. The molecule has 0 saturated carbocycles. The van der Waals surface area contributed by atoms with E-state index in [9.17, 15) is 4.79 Å². The molecule has 0 unspecified atom stereocenters. The summed E-state index contributed by atoms with van der Waals surface area (Å²) in [7, 11) is 0. The largest absolute Gasteiger partial charge is 0.424 e. The van der Waals surface area contributed by atoms with E-state index in [0.717, 1.165) is 16.8 Å². The molecule has 3 nitrogen and oxygen atoms in total. The minimum atomic E-state index is -0.312. The third-order valence-electron chi connectivity index (χ3n) is 2.95. The maximum Gasteiger partial charge on any atom is 0.308 e. The van der Waals surface area contributed by atoms with Crippen LogP contribution in [0, 0.1) is 0 Å². The van der Waals surface area contributed by atoms with Gasteiger partial charge >= 0.3 is 5.97 Å². The Morgan fingerprint density at radius 1 is 1.05 bits per heavy atom. The van der Waals surface area contributed by atoms with E-state index >= 15 is 0 Å². The lowest BCUT2D eigenvalue weighted by molar-refractivity contribution is -0.131. The van der Waals surface area contributed by atoms with Gasteiger partial charge in [0.2, 0.25) is 0 Å². The predicted molar refractivity (Wildman–Crippen MR) is 74.1 cm³/mol. The van der Waals surface area contributed by atoms with Crippen molar-refractivity contribution in [2.45, 2.75) is 6.92 Å². The molecule has 0 amide bonds. The Labute approximate surface area is 111 Å². The monoisotopic (exact) mass is 251 g/mol. The van der Waals surface area contributed by atoms with E-state index < -0.39 is 0 Å². The highest BCUT2D eigenvalue weighted by Crippen LogP contribution is 2.33. The first-order chi connectivity index (χ1) is 9.25. The fourth-order valence-electron chi connectivity index (χ4n) is 2.21. The van der Waals surface area contributed by atoms with Crippen molar-refractivity contribution in [1.82, 2.24) is 4.40 Å². The third-order valence-corrected chi connectivity index (χ3v) is 2.95. The predicted octanol–water partition coefficient (Wildman–Crippen LogP) is 3.53. The summed E-state index contributed by atoms with van der Waals surface area (Å²) >= 11 is 0. The van der Waals surface area contributed by atoms with Gasteiger partial charge in [-0.1, -0.05) is 36.4 Å². The first kappa shape index (κ1) is 11.5. The van der Waals surface area contributed by atoms with Crippen LogP contribution in [0.15, 0.2) is 60.8 Å². The molecule has 0 saturated heterocycles. The van der Waals surface area contributed by atoms with Crippen LogP contribution < -0.4 is 4.74 Å². The van der Waals surface area contributed by atoms with Crippen LogP contribution >= 0.6 is 0 Å². The van der Waals surface area contributed by atoms with Crippen LogP contribution in [0.5, 0.6) is 5.75 Å². The zero-order valence-corrected chi connectivity index (χ0v) is 10.5. The molecule has 0 spiro atoms. The minimum Gasteiger partial charge on any atom is -0.424 e. The van der Waals surface area contributed by atoms with E-state index in [2.05, 4.69) is 0 Å². The topological polar surface area (TPSA) is 30.7 Å². The third kappa shape index (κ3) is 2.10. The van der Waals surface area contributed by atoms with E-state index in [0.29, 0.717) is 5.75 Å².